The number of nitrogens with zero attached hydrogens (tertiary/aromatic N) is 8. The number of hydrogen-bond acceptors (Lipinski definition) is 19. The number of nitrogens with two attached hydrogens (primary N) is 1. The SMILES string of the molecule is CNC1CCC(N(Cc2ccc(OC)c(-c3ccc(C#N)cc3)c2)C(=O)c2sc3ccccc3c2Cl)CC1.CNC1CCC(N(Cc2ccc(OC)c(-c3ccncc3)c2)C(=O)c2sc3c(F)ccc(F)c3c2Cl)CC1.CNC1CCC(N(Cc2cccc(-c3ccncc3)c2)C(=O)c2sc3ccccc3c2Cl)CC1.COc1ccc(CN(C(=O)c2sc3ccccc3c2Cl)C2CCC(N)CC2)cc1-c1ccc(C#N)cc1. The number of rotatable bonds is 26. The molecule has 4 amide bonds. The van der Waals surface area contributed by atoms with Crippen LogP contribution in [-0.4, -0.2) is 144 Å². The van der Waals surface area contributed by atoms with Crippen LogP contribution in [0.3, 0.4) is 0 Å². The van der Waals surface area contributed by atoms with E-state index >= 15 is 0 Å². The highest BCUT2D eigenvalue weighted by atomic mass is 35.5. The number of fused-ring (bicyclic) bond motifs is 4. The number of carbonyl (C=O) groups excluding carboxylic acids is 4. The van der Waals surface area contributed by atoms with Crippen molar-refractivity contribution >= 4 is 156 Å². The van der Waals surface area contributed by atoms with Crippen molar-refractivity contribution in [3.8, 4) is 73.9 Å². The van der Waals surface area contributed by atoms with Gasteiger partial charge in [0, 0.05) is 146 Å². The number of pyridine rings is 2. The van der Waals surface area contributed by atoms with Gasteiger partial charge in [-0.2, -0.15) is 10.5 Å². The van der Waals surface area contributed by atoms with E-state index in [-0.39, 0.29) is 73.8 Å². The highest BCUT2D eigenvalue weighted by molar-refractivity contribution is 7.23. The van der Waals surface area contributed by atoms with Gasteiger partial charge in [-0.25, -0.2) is 8.78 Å². The van der Waals surface area contributed by atoms with E-state index in [0.29, 0.717) is 90.9 Å². The molecule has 6 aromatic heterocycles. The lowest BCUT2D eigenvalue weighted by atomic mass is 9.89. The van der Waals surface area contributed by atoms with Crippen molar-refractivity contribution in [3.05, 3.63) is 346 Å². The largest absolute Gasteiger partial charge is 0.496 e. The Hall–Kier alpha value is -12.5. The zero-order valence-corrected chi connectivity index (χ0v) is 88.8. The van der Waals surface area contributed by atoms with Gasteiger partial charge in [-0.3, -0.25) is 29.1 Å². The fraction of sp³-hybridized carbons (Fsp3) is 0.288. The molecule has 4 aliphatic carbocycles. The summed E-state index contributed by atoms with van der Waals surface area (Å²) in [7, 11) is 10.9. The Morgan fingerprint density at radius 1 is 0.361 bits per heavy atom. The number of thiophene rings is 4. The first-order valence-electron chi connectivity index (χ1n) is 49.5. The van der Waals surface area contributed by atoms with Gasteiger partial charge in [0.25, 0.3) is 23.6 Å². The molecule has 4 fully saturated rings. The molecule has 0 radical (unpaired) electrons. The molecule has 0 unspecified atom stereocenters. The number of hydrogen-bond donors (Lipinski definition) is 4. The molecule has 0 saturated heterocycles. The molecular formula is C118H114Cl4F2N12O7S4. The van der Waals surface area contributed by atoms with E-state index in [2.05, 4.69) is 79.4 Å². The molecule has 147 heavy (non-hydrogen) atoms. The van der Waals surface area contributed by atoms with Crippen LogP contribution in [-0.2, 0) is 26.2 Å². The number of methoxy groups -OCH3 is 3. The third-order valence-corrected chi connectivity index (χ3v) is 35.4. The Bertz CT molecular complexity index is 7440. The van der Waals surface area contributed by atoms with Crippen LogP contribution in [0.1, 0.15) is 175 Å². The molecule has 4 saturated carbocycles. The monoisotopic (exact) mass is 2120 g/mol. The first-order chi connectivity index (χ1) is 71.5. The first-order valence-corrected chi connectivity index (χ1v) is 54.3. The highest BCUT2D eigenvalue weighted by Gasteiger charge is 2.38. The fourth-order valence-electron chi connectivity index (χ4n) is 20.5. The second kappa shape index (κ2) is 49.5. The minimum atomic E-state index is -0.639. The van der Waals surface area contributed by atoms with E-state index < -0.39 is 11.6 Å². The van der Waals surface area contributed by atoms with Gasteiger partial charge < -0.3 is 55.5 Å². The van der Waals surface area contributed by atoms with Crippen LogP contribution in [0, 0.1) is 34.3 Å². The average molecular weight is 2120 g/mol. The fourth-order valence-corrected chi connectivity index (χ4v) is 26.4. The van der Waals surface area contributed by atoms with Crippen LogP contribution in [0.5, 0.6) is 17.2 Å². The number of ether oxygens (including phenoxy) is 3. The molecule has 0 spiro atoms. The molecule has 19 nitrogen and oxygen atoms in total. The number of nitriles is 2. The second-order valence-electron chi connectivity index (χ2n) is 37.5. The molecule has 10 aromatic carbocycles. The van der Waals surface area contributed by atoms with Gasteiger partial charge in [-0.05, 0) is 295 Å². The predicted octanol–water partition coefficient (Wildman–Crippen LogP) is 28.2. The van der Waals surface area contributed by atoms with E-state index in [0.717, 1.165) is 235 Å². The van der Waals surface area contributed by atoms with E-state index in [1.807, 2.05) is 212 Å². The maximum atomic E-state index is 14.6. The summed E-state index contributed by atoms with van der Waals surface area (Å²) in [6.45, 7) is 1.82. The number of amides is 4. The zero-order chi connectivity index (χ0) is 103. The predicted molar refractivity (Wildman–Crippen MR) is 594 cm³/mol. The lowest BCUT2D eigenvalue weighted by Gasteiger charge is -2.37. The lowest BCUT2D eigenvalue weighted by molar-refractivity contribution is 0.0599. The summed E-state index contributed by atoms with van der Waals surface area (Å²) in [6, 6.07) is 81.3. The van der Waals surface area contributed by atoms with E-state index in [1.165, 1.54) is 34.0 Å². The second-order valence-corrected chi connectivity index (χ2v) is 43.2. The van der Waals surface area contributed by atoms with Gasteiger partial charge in [-0.15, -0.1) is 45.3 Å². The summed E-state index contributed by atoms with van der Waals surface area (Å²) in [5.74, 6) is 0.636. The van der Waals surface area contributed by atoms with Crippen molar-refractivity contribution in [2.24, 2.45) is 5.73 Å². The Morgan fingerprint density at radius 3 is 1.00 bits per heavy atom. The third kappa shape index (κ3) is 24.6. The molecular weight excluding hydrogens is 2010 g/mol. The highest BCUT2D eigenvalue weighted by Crippen LogP contribution is 2.47. The van der Waals surface area contributed by atoms with Crippen LogP contribution in [0.2, 0.25) is 20.1 Å². The van der Waals surface area contributed by atoms with Crippen molar-refractivity contribution in [1.82, 2.24) is 45.5 Å². The Morgan fingerprint density at radius 2 is 0.673 bits per heavy atom. The van der Waals surface area contributed by atoms with Gasteiger partial charge in [-0.1, -0.05) is 162 Å². The van der Waals surface area contributed by atoms with Gasteiger partial charge in [0.1, 0.15) is 48.4 Å². The summed E-state index contributed by atoms with van der Waals surface area (Å²) >= 11 is 32.1. The molecule has 0 aliphatic heterocycles. The number of carbonyl (C=O) groups is 4. The topological polar surface area (TPSA) is 244 Å². The number of benzene rings is 10. The molecule has 6 heterocycles. The number of halogens is 6. The number of aromatic nitrogens is 2. The van der Waals surface area contributed by atoms with E-state index in [9.17, 15) is 33.2 Å². The minimum Gasteiger partial charge on any atom is -0.496 e. The van der Waals surface area contributed by atoms with Crippen LogP contribution < -0.4 is 35.9 Å². The quantitative estimate of drug-likeness (QED) is 0.0394. The molecule has 0 bridgehead atoms. The Balaban J connectivity index is 0.000000134. The van der Waals surface area contributed by atoms with Crippen molar-refractivity contribution < 1.29 is 42.2 Å². The van der Waals surface area contributed by atoms with E-state index in [4.69, 9.17) is 71.6 Å². The normalized spacial score (nSPS) is 17.5. The van der Waals surface area contributed by atoms with Gasteiger partial charge >= 0.3 is 0 Å². The summed E-state index contributed by atoms with van der Waals surface area (Å²) in [6.07, 6.45) is 22.2. The summed E-state index contributed by atoms with van der Waals surface area (Å²) in [5, 5.41) is 32.8. The van der Waals surface area contributed by atoms with Crippen molar-refractivity contribution in [1.29, 1.82) is 10.5 Å². The smallest absolute Gasteiger partial charge is 0.266 e. The van der Waals surface area contributed by atoms with Crippen molar-refractivity contribution in [2.75, 3.05) is 42.5 Å². The molecule has 754 valence electrons. The molecule has 16 aromatic rings. The van der Waals surface area contributed by atoms with Crippen LogP contribution in [0.15, 0.2) is 261 Å². The van der Waals surface area contributed by atoms with Crippen molar-refractivity contribution in [2.45, 2.75) is 177 Å². The summed E-state index contributed by atoms with van der Waals surface area (Å²) in [5.41, 5.74) is 19.3. The summed E-state index contributed by atoms with van der Waals surface area (Å²) in [4.78, 5) is 74.3. The van der Waals surface area contributed by atoms with Crippen LogP contribution in [0.25, 0.3) is 84.9 Å². The van der Waals surface area contributed by atoms with Gasteiger partial charge in [0.2, 0.25) is 0 Å². The molecule has 29 heteroatoms. The molecule has 20 rings (SSSR count). The van der Waals surface area contributed by atoms with Gasteiger partial charge in [0.15, 0.2) is 0 Å². The lowest BCUT2D eigenvalue weighted by Crippen LogP contribution is -2.44. The van der Waals surface area contributed by atoms with Crippen LogP contribution >= 0.6 is 91.8 Å². The number of nitrogens with one attached hydrogen (secondary N) is 3. The average Bonchev–Trinajstić information content (AvgIpc) is 1.62. The zero-order valence-electron chi connectivity index (χ0n) is 82.5. The standard InChI is InChI=1S/C31H30ClN3O2S.C30H28ClN3O2S.C29H28ClF2N3O2S.C28H28ClN3OS/c1-34-23-12-14-24(15-13-23)35(31(36)30-29(32)25-5-3-4-6-28(25)38-30)19-21-9-16-27(37-2)26(17-21)22-10-7-20(18-33)8-11-22;1-36-26-15-8-20(16-25(26)21-9-6-19(17-32)7-10-21)18-34(23-13-11-22(33)12-14-23)30(35)29-28(31)24-4-2-3-5-27(24)37-29;1-33-19-4-6-20(7-5-19)35(29(36)28-26(30)25-22(31)8-9-23(32)27(25)38-28)16-17-3-10-24(37-2)21(15-17)18-11-13-34-14-12-18;1-30-22-9-11-23(12-10-22)32(28(33)27-26(29)24-7-2-3-8-25(24)34-27)18-19-5-4-6-21(17-19)20-13-15-31-16-14-20/h3-11,16-17,23-24,34H,12-15,19H2,1-2H3;2-10,15-16,22-23H,11-14,18,33H2,1H3;3,8-15,19-20,33H,4-7,16H2,1-2H3;2-8,13-17,22-23,30H,9-12,18H2,1H3. The van der Waals surface area contributed by atoms with Gasteiger partial charge in [0.05, 0.1) is 74.8 Å². The molecule has 4 aliphatic rings. The first kappa shape index (κ1) is 106. The van der Waals surface area contributed by atoms with Crippen molar-refractivity contribution in [3.63, 3.8) is 0 Å². The Labute approximate surface area is 892 Å². The molecule has 5 N–H and O–H groups in total. The Kier molecular flexibility index (Phi) is 35.6. The third-order valence-electron chi connectivity index (χ3n) is 28.7. The summed E-state index contributed by atoms with van der Waals surface area (Å²) < 4.78 is 49.1. The van der Waals surface area contributed by atoms with Crippen LogP contribution in [0.4, 0.5) is 8.78 Å². The maximum Gasteiger partial charge on any atom is 0.266 e. The maximum absolute atomic E-state index is 14.6. The minimum absolute atomic E-state index is 0.0140. The molecule has 0 atom stereocenters. The van der Waals surface area contributed by atoms with E-state index in [1.54, 1.807) is 58.0 Å².